The van der Waals surface area contributed by atoms with E-state index in [9.17, 15) is 4.39 Å². The molecule has 0 fully saturated rings. The van der Waals surface area contributed by atoms with Crippen LogP contribution in [0.5, 0.6) is 11.6 Å². The Kier molecular flexibility index (Phi) is 6.96. The van der Waals surface area contributed by atoms with Crippen molar-refractivity contribution < 1.29 is 13.9 Å². The normalized spacial score (nSPS) is 10.2. The first-order valence-corrected chi connectivity index (χ1v) is 10.2. The van der Waals surface area contributed by atoms with Crippen molar-refractivity contribution >= 4 is 11.6 Å². The summed E-state index contributed by atoms with van der Waals surface area (Å²) >= 11 is 6.05. The number of halogens is 2. The molecule has 0 spiro atoms. The predicted molar refractivity (Wildman–Crippen MR) is 121 cm³/mol. The van der Waals surface area contributed by atoms with E-state index in [2.05, 4.69) is 22.0 Å². The third-order valence-electron chi connectivity index (χ3n) is 4.46. The maximum absolute atomic E-state index is 14.0. The standard InChI is InChI=1S/C26H18ClFN2O2/c27-23-12-7-13-24(28)22(23)15-14-21-16-25(31-17-19-8-3-1-4-9-19)26(30-29-21)32-18-20-10-5-2-6-11-20/h1-13,16H,17-18H2. The minimum atomic E-state index is -0.499. The van der Waals surface area contributed by atoms with Gasteiger partial charge < -0.3 is 9.47 Å². The number of rotatable bonds is 6. The Hall–Kier alpha value is -3.88. The Morgan fingerprint density at radius 2 is 1.41 bits per heavy atom. The monoisotopic (exact) mass is 444 g/mol. The van der Waals surface area contributed by atoms with Gasteiger partial charge in [-0.15, -0.1) is 10.2 Å². The van der Waals surface area contributed by atoms with Crippen LogP contribution in [0.15, 0.2) is 84.9 Å². The molecule has 4 aromatic rings. The first kappa shape index (κ1) is 21.4. The Morgan fingerprint density at radius 3 is 2.06 bits per heavy atom. The van der Waals surface area contributed by atoms with Gasteiger partial charge in [0.2, 0.25) is 0 Å². The molecular weight excluding hydrogens is 427 g/mol. The van der Waals surface area contributed by atoms with Crippen molar-refractivity contribution in [1.82, 2.24) is 10.2 Å². The average molecular weight is 445 g/mol. The third-order valence-corrected chi connectivity index (χ3v) is 4.78. The number of benzene rings is 3. The molecule has 1 heterocycles. The first-order valence-electron chi connectivity index (χ1n) is 9.86. The minimum Gasteiger partial charge on any atom is -0.483 e. The van der Waals surface area contributed by atoms with Crippen molar-refractivity contribution in [3.8, 4) is 23.5 Å². The van der Waals surface area contributed by atoms with E-state index in [4.69, 9.17) is 21.1 Å². The fourth-order valence-corrected chi connectivity index (χ4v) is 3.04. The lowest BCUT2D eigenvalue weighted by molar-refractivity contribution is 0.244. The van der Waals surface area contributed by atoms with Crippen LogP contribution >= 0.6 is 11.6 Å². The second-order valence-electron chi connectivity index (χ2n) is 6.79. The maximum Gasteiger partial charge on any atom is 0.276 e. The summed E-state index contributed by atoms with van der Waals surface area (Å²) in [5, 5.41) is 8.45. The Balaban J connectivity index is 1.59. The molecule has 0 amide bonds. The number of hydrogen-bond donors (Lipinski definition) is 0. The smallest absolute Gasteiger partial charge is 0.276 e. The molecule has 0 saturated carbocycles. The van der Waals surface area contributed by atoms with Gasteiger partial charge in [-0.05, 0) is 29.2 Å². The van der Waals surface area contributed by atoms with E-state index in [1.54, 1.807) is 12.1 Å². The van der Waals surface area contributed by atoms with Gasteiger partial charge in [-0.3, -0.25) is 0 Å². The molecule has 0 saturated heterocycles. The van der Waals surface area contributed by atoms with Crippen molar-refractivity contribution in [2.75, 3.05) is 0 Å². The molecule has 0 bridgehead atoms. The van der Waals surface area contributed by atoms with Crippen molar-refractivity contribution in [3.63, 3.8) is 0 Å². The fourth-order valence-electron chi connectivity index (χ4n) is 2.83. The third kappa shape index (κ3) is 5.63. The number of aromatic nitrogens is 2. The van der Waals surface area contributed by atoms with Crippen LogP contribution in [0, 0.1) is 17.7 Å². The summed E-state index contributed by atoms with van der Waals surface area (Å²) in [6.45, 7) is 0.632. The van der Waals surface area contributed by atoms with Gasteiger partial charge in [0, 0.05) is 6.07 Å². The molecule has 1 aromatic heterocycles. The SMILES string of the molecule is Fc1cccc(Cl)c1C#Cc1cc(OCc2ccccc2)c(OCc2ccccc2)nn1. The molecule has 0 aliphatic carbocycles. The second kappa shape index (κ2) is 10.4. The van der Waals surface area contributed by atoms with E-state index in [1.165, 1.54) is 12.1 Å². The van der Waals surface area contributed by atoms with Crippen molar-refractivity contribution in [2.24, 2.45) is 0 Å². The zero-order valence-electron chi connectivity index (χ0n) is 17.0. The summed E-state index contributed by atoms with van der Waals surface area (Å²) in [6.07, 6.45) is 0. The lowest BCUT2D eigenvalue weighted by atomic mass is 10.2. The highest BCUT2D eigenvalue weighted by molar-refractivity contribution is 6.31. The maximum atomic E-state index is 14.0. The summed E-state index contributed by atoms with van der Waals surface area (Å²) in [5.74, 6) is 5.66. The van der Waals surface area contributed by atoms with Crippen molar-refractivity contribution in [2.45, 2.75) is 13.2 Å². The van der Waals surface area contributed by atoms with Gasteiger partial charge >= 0.3 is 0 Å². The van der Waals surface area contributed by atoms with Gasteiger partial charge in [0.05, 0.1) is 10.6 Å². The zero-order chi connectivity index (χ0) is 22.2. The highest BCUT2D eigenvalue weighted by Gasteiger charge is 2.11. The van der Waals surface area contributed by atoms with Crippen LogP contribution < -0.4 is 9.47 Å². The summed E-state index contributed by atoms with van der Waals surface area (Å²) in [4.78, 5) is 0. The first-order chi connectivity index (χ1) is 15.7. The lowest BCUT2D eigenvalue weighted by Crippen LogP contribution is -2.04. The molecule has 3 aromatic carbocycles. The molecular formula is C26H18ClFN2O2. The van der Waals surface area contributed by atoms with Crippen LogP contribution in [0.4, 0.5) is 4.39 Å². The van der Waals surface area contributed by atoms with Crippen LogP contribution in [0.1, 0.15) is 22.4 Å². The van der Waals surface area contributed by atoms with Gasteiger partial charge in [0.25, 0.3) is 5.88 Å². The number of hydrogen-bond acceptors (Lipinski definition) is 4. The average Bonchev–Trinajstić information content (AvgIpc) is 2.83. The number of nitrogens with zero attached hydrogens (tertiary/aromatic N) is 2. The van der Waals surface area contributed by atoms with Gasteiger partial charge in [-0.1, -0.05) is 84.3 Å². The molecule has 0 aliphatic heterocycles. The molecule has 0 aliphatic rings. The lowest BCUT2D eigenvalue weighted by Gasteiger charge is -2.11. The summed E-state index contributed by atoms with van der Waals surface area (Å²) in [6, 6.07) is 25.5. The summed E-state index contributed by atoms with van der Waals surface area (Å²) in [5.41, 5.74) is 2.39. The topological polar surface area (TPSA) is 44.2 Å². The molecule has 0 unspecified atom stereocenters. The van der Waals surface area contributed by atoms with Crippen molar-refractivity contribution in [1.29, 1.82) is 0 Å². The predicted octanol–water partition coefficient (Wildman–Crippen LogP) is 5.83. The van der Waals surface area contributed by atoms with Gasteiger partial charge in [0.15, 0.2) is 5.75 Å². The second-order valence-corrected chi connectivity index (χ2v) is 7.20. The molecule has 32 heavy (non-hydrogen) atoms. The minimum absolute atomic E-state index is 0.104. The highest BCUT2D eigenvalue weighted by atomic mass is 35.5. The Morgan fingerprint density at radius 1 is 0.750 bits per heavy atom. The Labute approximate surface area is 190 Å². The van der Waals surface area contributed by atoms with Crippen LogP contribution in [0.2, 0.25) is 5.02 Å². The number of ether oxygens (including phenoxy) is 2. The van der Waals surface area contributed by atoms with E-state index in [0.717, 1.165) is 11.1 Å². The highest BCUT2D eigenvalue weighted by Crippen LogP contribution is 2.26. The molecule has 158 valence electrons. The van der Waals surface area contributed by atoms with E-state index in [1.807, 2.05) is 60.7 Å². The summed E-state index contributed by atoms with van der Waals surface area (Å²) in [7, 11) is 0. The molecule has 4 rings (SSSR count). The zero-order valence-corrected chi connectivity index (χ0v) is 17.7. The van der Waals surface area contributed by atoms with Gasteiger partial charge in [0.1, 0.15) is 24.7 Å². The quantitative estimate of drug-likeness (QED) is 0.351. The van der Waals surface area contributed by atoms with E-state index in [0.29, 0.717) is 24.7 Å². The largest absolute Gasteiger partial charge is 0.483 e. The van der Waals surface area contributed by atoms with Crippen molar-refractivity contribution in [3.05, 3.63) is 118 Å². The van der Waals surface area contributed by atoms with E-state index in [-0.39, 0.29) is 16.5 Å². The van der Waals surface area contributed by atoms with E-state index < -0.39 is 5.82 Å². The van der Waals surface area contributed by atoms with Gasteiger partial charge in [-0.2, -0.15) is 0 Å². The molecule has 4 nitrogen and oxygen atoms in total. The van der Waals surface area contributed by atoms with Crippen LogP contribution in [-0.4, -0.2) is 10.2 Å². The van der Waals surface area contributed by atoms with Gasteiger partial charge in [-0.25, -0.2) is 4.39 Å². The fraction of sp³-hybridized carbons (Fsp3) is 0.0769. The van der Waals surface area contributed by atoms with Crippen LogP contribution in [-0.2, 0) is 13.2 Å². The summed E-state index contributed by atoms with van der Waals surface area (Å²) < 4.78 is 25.8. The van der Waals surface area contributed by atoms with E-state index >= 15 is 0 Å². The van der Waals surface area contributed by atoms with Crippen LogP contribution in [0.25, 0.3) is 0 Å². The molecule has 6 heteroatoms. The van der Waals surface area contributed by atoms with Crippen LogP contribution in [0.3, 0.4) is 0 Å². The molecule has 0 N–H and O–H groups in total. The molecule has 0 radical (unpaired) electrons. The Bertz CT molecular complexity index is 1240. The molecule has 0 atom stereocenters.